The molecule has 9 heteroatoms. The Balaban J connectivity index is 2.51. The molecule has 2 N–H and O–H groups in total. The molecule has 0 atom stereocenters. The third kappa shape index (κ3) is 3.95. The molecule has 0 spiro atoms. The molecule has 0 aromatic heterocycles. The summed E-state index contributed by atoms with van der Waals surface area (Å²) in [4.78, 5) is 10.2. The van der Waals surface area contributed by atoms with Crippen LogP contribution in [0, 0.1) is 10.1 Å². The number of nitrogens with zero attached hydrogens (tertiary/aromatic N) is 1. The van der Waals surface area contributed by atoms with Crippen LogP contribution in [-0.2, 0) is 12.6 Å². The maximum absolute atomic E-state index is 12.9. The second-order valence-electron chi connectivity index (χ2n) is 4.86. The van der Waals surface area contributed by atoms with Crippen LogP contribution in [-0.4, -0.2) is 16.6 Å². The number of nitrogens with one attached hydrogen (secondary N) is 1. The summed E-state index contributed by atoms with van der Waals surface area (Å²) in [5.74, 6) is 0. The van der Waals surface area contributed by atoms with E-state index in [2.05, 4.69) is 5.32 Å². The molecule has 0 unspecified atom stereocenters. The molecule has 5 nitrogen and oxygen atoms in total. The van der Waals surface area contributed by atoms with Gasteiger partial charge in [-0.3, -0.25) is 10.1 Å². The molecule has 2 rings (SSSR count). The lowest BCUT2D eigenvalue weighted by atomic mass is 10.1. The summed E-state index contributed by atoms with van der Waals surface area (Å²) in [5.41, 5.74) is -1.09. The smallest absolute Gasteiger partial charge is 0.396 e. The number of nitro benzene ring substituents is 1. The maximum Gasteiger partial charge on any atom is 0.418 e. The number of nitro groups is 1. The Kier molecular flexibility index (Phi) is 5.30. The predicted octanol–water partition coefficient (Wildman–Crippen LogP) is 4.55. The second-order valence-corrected chi connectivity index (χ2v) is 5.27. The number of halogens is 4. The standard InChI is InChI=1S/C15H12ClF3N2O3/c16-11-8-13(14(21(23)24)7-10(11)15(17,18)19)20-12-4-2-1-3-9(12)5-6-22/h1-4,7-8,20,22H,5-6H2. The molecule has 0 aliphatic carbocycles. The Morgan fingerprint density at radius 3 is 2.46 bits per heavy atom. The number of alkyl halides is 3. The molecule has 0 heterocycles. The van der Waals surface area contributed by atoms with E-state index in [0.717, 1.165) is 6.07 Å². The van der Waals surface area contributed by atoms with Crippen molar-refractivity contribution in [2.24, 2.45) is 0 Å². The number of hydrogen-bond acceptors (Lipinski definition) is 4. The lowest BCUT2D eigenvalue weighted by molar-refractivity contribution is -0.384. The first-order chi connectivity index (χ1) is 11.2. The molecule has 0 saturated heterocycles. The minimum Gasteiger partial charge on any atom is -0.396 e. The van der Waals surface area contributed by atoms with Gasteiger partial charge in [-0.05, 0) is 24.1 Å². The van der Waals surface area contributed by atoms with Crippen molar-refractivity contribution in [1.29, 1.82) is 0 Å². The molecule has 0 saturated carbocycles. The van der Waals surface area contributed by atoms with E-state index >= 15 is 0 Å². The minimum absolute atomic E-state index is 0.144. The molecular weight excluding hydrogens is 349 g/mol. The van der Waals surface area contributed by atoms with E-state index in [4.69, 9.17) is 16.7 Å². The van der Waals surface area contributed by atoms with Gasteiger partial charge < -0.3 is 10.4 Å². The fraction of sp³-hybridized carbons (Fsp3) is 0.200. The molecule has 0 aliphatic rings. The van der Waals surface area contributed by atoms with Crippen LogP contribution in [0.2, 0.25) is 5.02 Å². The SMILES string of the molecule is O=[N+]([O-])c1cc(C(F)(F)F)c(Cl)cc1Nc1ccccc1CCO. The van der Waals surface area contributed by atoms with Crippen LogP contribution in [0.3, 0.4) is 0 Å². The van der Waals surface area contributed by atoms with Crippen molar-refractivity contribution in [3.63, 3.8) is 0 Å². The zero-order chi connectivity index (χ0) is 17.9. The lowest BCUT2D eigenvalue weighted by Crippen LogP contribution is -2.08. The van der Waals surface area contributed by atoms with Crippen molar-refractivity contribution in [2.75, 3.05) is 11.9 Å². The first-order valence-corrected chi connectivity index (χ1v) is 7.12. The molecule has 24 heavy (non-hydrogen) atoms. The Morgan fingerprint density at radius 1 is 1.21 bits per heavy atom. The molecule has 2 aromatic rings. The van der Waals surface area contributed by atoms with E-state index in [0.29, 0.717) is 17.3 Å². The summed E-state index contributed by atoms with van der Waals surface area (Å²) in [6, 6.07) is 7.93. The van der Waals surface area contributed by atoms with E-state index < -0.39 is 27.4 Å². The van der Waals surface area contributed by atoms with Gasteiger partial charge in [0.25, 0.3) is 5.69 Å². The van der Waals surface area contributed by atoms with Gasteiger partial charge in [-0.1, -0.05) is 29.8 Å². The summed E-state index contributed by atoms with van der Waals surface area (Å²) in [5, 5.41) is 22.2. The summed E-state index contributed by atoms with van der Waals surface area (Å²) >= 11 is 5.64. The Morgan fingerprint density at radius 2 is 1.88 bits per heavy atom. The summed E-state index contributed by atoms with van der Waals surface area (Å²) in [7, 11) is 0. The van der Waals surface area contributed by atoms with Crippen molar-refractivity contribution in [3.05, 3.63) is 62.7 Å². The largest absolute Gasteiger partial charge is 0.418 e. The molecule has 128 valence electrons. The number of benzene rings is 2. The molecule has 0 fully saturated rings. The monoisotopic (exact) mass is 360 g/mol. The van der Waals surface area contributed by atoms with Crippen molar-refractivity contribution in [2.45, 2.75) is 12.6 Å². The summed E-state index contributed by atoms with van der Waals surface area (Å²) < 4.78 is 38.6. The van der Waals surface area contributed by atoms with E-state index in [-0.39, 0.29) is 18.7 Å². The average Bonchev–Trinajstić information content (AvgIpc) is 2.48. The molecule has 0 aliphatic heterocycles. The first kappa shape index (κ1) is 18.0. The Bertz CT molecular complexity index is 766. The van der Waals surface area contributed by atoms with Gasteiger partial charge in [0.05, 0.1) is 15.5 Å². The fourth-order valence-electron chi connectivity index (χ4n) is 2.16. The van der Waals surface area contributed by atoms with E-state index in [1.165, 1.54) is 0 Å². The summed E-state index contributed by atoms with van der Waals surface area (Å²) in [6.45, 7) is -0.144. The molecule has 0 radical (unpaired) electrons. The number of rotatable bonds is 5. The molecular formula is C15H12ClF3N2O3. The quantitative estimate of drug-likeness (QED) is 0.606. The van der Waals surface area contributed by atoms with E-state index in [1.807, 2.05) is 0 Å². The number of para-hydroxylation sites is 1. The van der Waals surface area contributed by atoms with Gasteiger partial charge in [-0.2, -0.15) is 13.2 Å². The number of aliphatic hydroxyl groups excluding tert-OH is 1. The van der Waals surface area contributed by atoms with Crippen LogP contribution >= 0.6 is 11.6 Å². The zero-order valence-corrected chi connectivity index (χ0v) is 12.9. The van der Waals surface area contributed by atoms with Crippen LogP contribution < -0.4 is 5.32 Å². The number of aliphatic hydroxyl groups is 1. The van der Waals surface area contributed by atoms with Crippen molar-refractivity contribution in [3.8, 4) is 0 Å². The third-order valence-electron chi connectivity index (χ3n) is 3.26. The van der Waals surface area contributed by atoms with Crippen molar-refractivity contribution < 1.29 is 23.2 Å². The minimum atomic E-state index is -4.80. The highest BCUT2D eigenvalue weighted by Crippen LogP contribution is 2.41. The normalized spacial score (nSPS) is 11.4. The second kappa shape index (κ2) is 7.06. The van der Waals surface area contributed by atoms with Gasteiger partial charge in [0.1, 0.15) is 5.69 Å². The van der Waals surface area contributed by atoms with Crippen LogP contribution in [0.15, 0.2) is 36.4 Å². The van der Waals surface area contributed by atoms with Crippen LogP contribution in [0.1, 0.15) is 11.1 Å². The fourth-order valence-corrected chi connectivity index (χ4v) is 2.43. The Hall–Kier alpha value is -2.32. The van der Waals surface area contributed by atoms with Crippen molar-refractivity contribution >= 4 is 28.7 Å². The van der Waals surface area contributed by atoms with Gasteiger partial charge in [0, 0.05) is 18.4 Å². The Labute approximate surface area is 139 Å². The lowest BCUT2D eigenvalue weighted by Gasteiger charge is -2.14. The highest BCUT2D eigenvalue weighted by molar-refractivity contribution is 6.31. The molecule has 2 aromatic carbocycles. The van der Waals surface area contributed by atoms with Crippen molar-refractivity contribution in [1.82, 2.24) is 0 Å². The molecule has 0 amide bonds. The highest BCUT2D eigenvalue weighted by atomic mass is 35.5. The van der Waals surface area contributed by atoms with E-state index in [1.54, 1.807) is 24.3 Å². The van der Waals surface area contributed by atoms with Crippen LogP contribution in [0.4, 0.5) is 30.2 Å². The zero-order valence-electron chi connectivity index (χ0n) is 12.1. The summed E-state index contributed by atoms with van der Waals surface area (Å²) in [6.07, 6.45) is -4.51. The number of hydrogen-bond donors (Lipinski definition) is 2. The predicted molar refractivity (Wildman–Crippen MR) is 83.6 cm³/mol. The topological polar surface area (TPSA) is 75.4 Å². The number of anilines is 2. The van der Waals surface area contributed by atoms with Crippen LogP contribution in [0.5, 0.6) is 0 Å². The van der Waals surface area contributed by atoms with E-state index in [9.17, 15) is 23.3 Å². The van der Waals surface area contributed by atoms with Crippen LogP contribution in [0.25, 0.3) is 0 Å². The maximum atomic E-state index is 12.9. The average molecular weight is 361 g/mol. The van der Waals surface area contributed by atoms with Gasteiger partial charge in [-0.25, -0.2) is 0 Å². The van der Waals surface area contributed by atoms with Gasteiger partial charge in [-0.15, -0.1) is 0 Å². The highest BCUT2D eigenvalue weighted by Gasteiger charge is 2.36. The first-order valence-electron chi connectivity index (χ1n) is 6.75. The van der Waals surface area contributed by atoms with Gasteiger partial charge in [0.15, 0.2) is 0 Å². The van der Waals surface area contributed by atoms with Gasteiger partial charge >= 0.3 is 6.18 Å². The molecule has 0 bridgehead atoms. The van der Waals surface area contributed by atoms with Gasteiger partial charge in [0.2, 0.25) is 0 Å². The third-order valence-corrected chi connectivity index (χ3v) is 3.57.